The fraction of sp³-hybridized carbons (Fsp3) is 0.731. The zero-order valence-corrected chi connectivity index (χ0v) is 20.7. The molecule has 4 heterocycles. The number of nitrogens with zero attached hydrogens (tertiary/aromatic N) is 3. The fourth-order valence-corrected chi connectivity index (χ4v) is 6.32. The van der Waals surface area contributed by atoms with Crippen molar-refractivity contribution in [1.29, 1.82) is 0 Å². The van der Waals surface area contributed by atoms with Crippen LogP contribution in [0.4, 0.5) is 0 Å². The third-order valence-electron chi connectivity index (χ3n) is 8.06. The third-order valence-corrected chi connectivity index (χ3v) is 8.06. The molecule has 2 fully saturated rings. The third kappa shape index (κ3) is 3.79. The summed E-state index contributed by atoms with van der Waals surface area (Å²) < 4.78 is 6.87. The zero-order chi connectivity index (χ0) is 24.5. The van der Waals surface area contributed by atoms with Crippen LogP contribution < -0.4 is 0 Å². The number of amides is 3. The number of ether oxygens (including phenoxy) is 1. The van der Waals surface area contributed by atoms with E-state index in [1.807, 2.05) is 36.1 Å². The van der Waals surface area contributed by atoms with Gasteiger partial charge in [0.25, 0.3) is 0 Å². The number of hydrogen-bond donors (Lipinski definition) is 1. The van der Waals surface area contributed by atoms with Crippen molar-refractivity contribution in [3.05, 3.63) is 24.3 Å². The minimum Gasteiger partial charge on any atom is -0.396 e. The van der Waals surface area contributed by atoms with Crippen molar-refractivity contribution in [3.63, 3.8) is 0 Å². The number of rotatable bonds is 9. The highest BCUT2D eigenvalue weighted by Gasteiger charge is 2.75. The van der Waals surface area contributed by atoms with Crippen LogP contribution in [0.1, 0.15) is 52.4 Å². The maximum Gasteiger partial charge on any atom is 0.249 e. The van der Waals surface area contributed by atoms with Crippen molar-refractivity contribution in [2.45, 2.75) is 69.6 Å². The lowest BCUT2D eigenvalue weighted by atomic mass is 9.73. The Morgan fingerprint density at radius 2 is 1.68 bits per heavy atom. The Morgan fingerprint density at radius 1 is 0.941 bits per heavy atom. The van der Waals surface area contributed by atoms with Gasteiger partial charge in [0.05, 0.1) is 17.4 Å². The summed E-state index contributed by atoms with van der Waals surface area (Å²) in [6.45, 7) is 6.08. The molecule has 5 atom stereocenters. The smallest absolute Gasteiger partial charge is 0.249 e. The highest BCUT2D eigenvalue weighted by Crippen LogP contribution is 2.58. The molecule has 1 spiro atoms. The van der Waals surface area contributed by atoms with E-state index in [0.29, 0.717) is 45.4 Å². The van der Waals surface area contributed by atoms with Gasteiger partial charge in [-0.1, -0.05) is 51.0 Å². The Balaban J connectivity index is 1.79. The topological polar surface area (TPSA) is 90.4 Å². The van der Waals surface area contributed by atoms with E-state index in [1.165, 1.54) is 0 Å². The number of hydrogen-bond acceptors (Lipinski definition) is 5. The molecule has 2 saturated heterocycles. The van der Waals surface area contributed by atoms with Crippen LogP contribution in [0, 0.1) is 11.8 Å². The summed E-state index contributed by atoms with van der Waals surface area (Å²) in [5.74, 6) is -1.83. The molecule has 0 aliphatic carbocycles. The summed E-state index contributed by atoms with van der Waals surface area (Å²) in [5.41, 5.74) is -2.09. The van der Waals surface area contributed by atoms with Gasteiger partial charge in [0.15, 0.2) is 0 Å². The minimum absolute atomic E-state index is 0.0321. The molecule has 188 valence electrons. The van der Waals surface area contributed by atoms with Crippen LogP contribution in [0.3, 0.4) is 0 Å². The number of unbranched alkanes of at least 4 members (excludes halogenated alkanes) is 3. The van der Waals surface area contributed by atoms with Crippen LogP contribution in [-0.4, -0.2) is 94.6 Å². The highest BCUT2D eigenvalue weighted by atomic mass is 16.5. The molecule has 3 amide bonds. The summed E-state index contributed by atoms with van der Waals surface area (Å²) >= 11 is 0. The molecular weight excluding hydrogens is 434 g/mol. The Morgan fingerprint density at radius 3 is 2.38 bits per heavy atom. The van der Waals surface area contributed by atoms with Crippen molar-refractivity contribution in [3.8, 4) is 0 Å². The summed E-state index contributed by atoms with van der Waals surface area (Å²) in [6.07, 6.45) is 12.4. The average molecular weight is 474 g/mol. The molecule has 4 aliphatic heterocycles. The molecule has 0 aromatic carbocycles. The van der Waals surface area contributed by atoms with E-state index in [1.54, 1.807) is 16.8 Å². The van der Waals surface area contributed by atoms with Crippen molar-refractivity contribution >= 4 is 17.7 Å². The van der Waals surface area contributed by atoms with E-state index in [-0.39, 0.29) is 24.3 Å². The standard InChI is InChI=1S/C26H39N3O5/c1-4-6-7-15-28-16-11-13-26-20(23(32)29(17-8-9-18-30)21(26)24(28)33)19-22(31)27(3)14-10-12-25(19,5-2)34-26/h10-13,19-21,30H,4-9,14-18H2,1-3H3/t19-,20+,21?,25+,26+/m1/s1. The van der Waals surface area contributed by atoms with Crippen LogP contribution in [0.2, 0.25) is 0 Å². The maximum atomic E-state index is 14.0. The monoisotopic (exact) mass is 473 g/mol. The summed E-state index contributed by atoms with van der Waals surface area (Å²) in [5, 5.41) is 9.30. The normalized spacial score (nSPS) is 34.9. The summed E-state index contributed by atoms with van der Waals surface area (Å²) in [7, 11) is 1.75. The Kier molecular flexibility index (Phi) is 7.20. The van der Waals surface area contributed by atoms with E-state index in [2.05, 4.69) is 6.92 Å². The Labute approximate surface area is 202 Å². The predicted octanol–water partition coefficient (Wildman–Crippen LogP) is 1.74. The molecule has 1 unspecified atom stereocenters. The molecule has 4 aliphatic rings. The first-order valence-electron chi connectivity index (χ1n) is 12.9. The number of carbonyl (C=O) groups excluding carboxylic acids is 3. The number of aliphatic hydroxyl groups excluding tert-OH is 1. The largest absolute Gasteiger partial charge is 0.396 e. The molecule has 1 N–H and O–H groups in total. The highest BCUT2D eigenvalue weighted by molar-refractivity contribution is 6.00. The molecule has 0 saturated carbocycles. The molecule has 0 aromatic rings. The van der Waals surface area contributed by atoms with Gasteiger partial charge in [-0.05, 0) is 25.7 Å². The quantitative estimate of drug-likeness (QED) is 0.407. The van der Waals surface area contributed by atoms with Gasteiger partial charge in [-0.25, -0.2) is 0 Å². The van der Waals surface area contributed by atoms with Gasteiger partial charge in [0.2, 0.25) is 17.7 Å². The molecule has 4 rings (SSSR count). The fourth-order valence-electron chi connectivity index (χ4n) is 6.32. The molecule has 0 radical (unpaired) electrons. The van der Waals surface area contributed by atoms with Gasteiger partial charge >= 0.3 is 0 Å². The van der Waals surface area contributed by atoms with Crippen LogP contribution in [-0.2, 0) is 19.1 Å². The first kappa shape index (κ1) is 24.9. The number of likely N-dealkylation sites (N-methyl/N-ethyl adjacent to an activating group) is 1. The van der Waals surface area contributed by atoms with Crippen molar-refractivity contribution in [2.24, 2.45) is 11.8 Å². The lowest BCUT2D eigenvalue weighted by Crippen LogP contribution is -2.56. The predicted molar refractivity (Wildman–Crippen MR) is 128 cm³/mol. The SMILES string of the molecule is CCCCCN1CC=C[C@]23O[C@@]4(CC)C=CCN(C)C(=O)[C@H]4[C@H]2C(=O)N(CCCCO)C3C1=O. The second-order valence-electron chi connectivity index (χ2n) is 10.1. The molecule has 8 nitrogen and oxygen atoms in total. The summed E-state index contributed by atoms with van der Waals surface area (Å²) in [4.78, 5) is 46.8. The lowest BCUT2D eigenvalue weighted by Gasteiger charge is -2.38. The van der Waals surface area contributed by atoms with Crippen molar-refractivity contribution in [2.75, 3.05) is 39.8 Å². The van der Waals surface area contributed by atoms with Crippen LogP contribution in [0.25, 0.3) is 0 Å². The average Bonchev–Trinajstić information content (AvgIpc) is 3.12. The lowest BCUT2D eigenvalue weighted by molar-refractivity contribution is -0.154. The second kappa shape index (κ2) is 9.82. The minimum atomic E-state index is -1.17. The molecule has 0 bridgehead atoms. The van der Waals surface area contributed by atoms with Gasteiger partial charge in [-0.3, -0.25) is 14.4 Å². The van der Waals surface area contributed by atoms with Crippen LogP contribution in [0.15, 0.2) is 24.3 Å². The Hall–Kier alpha value is -2.19. The first-order chi connectivity index (χ1) is 16.4. The van der Waals surface area contributed by atoms with E-state index >= 15 is 0 Å². The van der Waals surface area contributed by atoms with E-state index in [4.69, 9.17) is 4.74 Å². The van der Waals surface area contributed by atoms with Gasteiger partial charge < -0.3 is 24.5 Å². The second-order valence-corrected chi connectivity index (χ2v) is 10.1. The van der Waals surface area contributed by atoms with Gasteiger partial charge in [0.1, 0.15) is 11.6 Å². The molecular formula is C26H39N3O5. The maximum absolute atomic E-state index is 14.0. The van der Waals surface area contributed by atoms with Crippen molar-refractivity contribution in [1.82, 2.24) is 14.7 Å². The number of likely N-dealkylation sites (tertiary alicyclic amines) is 1. The van der Waals surface area contributed by atoms with E-state index < -0.39 is 29.1 Å². The van der Waals surface area contributed by atoms with E-state index in [0.717, 1.165) is 19.3 Å². The van der Waals surface area contributed by atoms with E-state index in [9.17, 15) is 19.5 Å². The molecule has 8 heteroatoms. The van der Waals surface area contributed by atoms with Gasteiger partial charge in [0, 0.05) is 39.8 Å². The summed E-state index contributed by atoms with van der Waals surface area (Å²) in [6, 6.07) is -0.800. The molecule has 0 aromatic heterocycles. The van der Waals surface area contributed by atoms with Crippen molar-refractivity contribution < 1.29 is 24.2 Å². The van der Waals surface area contributed by atoms with Crippen LogP contribution in [0.5, 0.6) is 0 Å². The number of fused-ring (bicyclic) bond motifs is 2. The van der Waals surface area contributed by atoms with Gasteiger partial charge in [-0.2, -0.15) is 0 Å². The first-order valence-corrected chi connectivity index (χ1v) is 12.9. The Bertz CT molecular complexity index is 872. The zero-order valence-electron chi connectivity index (χ0n) is 20.7. The number of carbonyl (C=O) groups is 3. The molecule has 34 heavy (non-hydrogen) atoms. The number of aliphatic hydroxyl groups is 1. The van der Waals surface area contributed by atoms with Gasteiger partial charge in [-0.15, -0.1) is 0 Å². The van der Waals surface area contributed by atoms with Crippen LogP contribution >= 0.6 is 0 Å².